The molecule has 1 amide bonds. The molecule has 0 spiro atoms. The van der Waals surface area contributed by atoms with Gasteiger partial charge in [0.05, 0.1) is 17.7 Å². The topological polar surface area (TPSA) is 110 Å². The molecule has 1 aromatic heterocycles. The minimum absolute atomic E-state index is 0.0255. The monoisotopic (exact) mass is 496 g/mol. The van der Waals surface area contributed by atoms with Gasteiger partial charge in [-0.15, -0.1) is 0 Å². The number of nitrogens with zero attached hydrogens (tertiary/aromatic N) is 1. The van der Waals surface area contributed by atoms with Gasteiger partial charge in [0, 0.05) is 29.6 Å². The van der Waals surface area contributed by atoms with E-state index in [9.17, 15) is 9.59 Å². The summed E-state index contributed by atoms with van der Waals surface area (Å²) in [5.74, 6) is -0.208. The largest absolute Gasteiger partial charge is 0.478 e. The molecule has 1 aliphatic carbocycles. The van der Waals surface area contributed by atoms with Crippen molar-refractivity contribution in [3.8, 4) is 0 Å². The van der Waals surface area contributed by atoms with Crippen LogP contribution in [-0.4, -0.2) is 41.3 Å². The molecule has 4 aromatic rings. The summed E-state index contributed by atoms with van der Waals surface area (Å²) in [7, 11) is 0. The highest BCUT2D eigenvalue weighted by molar-refractivity contribution is 6.11. The third-order valence-corrected chi connectivity index (χ3v) is 7.30. The number of aldehydes is 1. The molecule has 0 radical (unpaired) electrons. The van der Waals surface area contributed by atoms with Crippen LogP contribution in [0.3, 0.4) is 0 Å². The van der Waals surface area contributed by atoms with E-state index < -0.39 is 0 Å². The molecule has 7 heteroatoms. The number of ether oxygens (including phenoxy) is 1. The number of nitrogens with one attached hydrogen (secondary N) is 2. The van der Waals surface area contributed by atoms with E-state index in [4.69, 9.17) is 15.9 Å². The average Bonchev–Trinajstić information content (AvgIpc) is 3.23. The van der Waals surface area contributed by atoms with Crippen LogP contribution in [0.15, 0.2) is 60.7 Å². The number of carbonyl (C=O) groups excluding carboxylic acids is 2. The van der Waals surface area contributed by atoms with Gasteiger partial charge in [-0.25, -0.2) is 0 Å². The number of aromatic nitrogens is 1. The van der Waals surface area contributed by atoms with Crippen LogP contribution < -0.4 is 11.1 Å². The van der Waals surface area contributed by atoms with Gasteiger partial charge in [0.15, 0.2) is 6.29 Å². The molecule has 5 rings (SSSR count). The summed E-state index contributed by atoms with van der Waals surface area (Å²) in [6.45, 7) is 2.61. The predicted molar refractivity (Wildman–Crippen MR) is 147 cm³/mol. The molecule has 1 fully saturated rings. The van der Waals surface area contributed by atoms with Gasteiger partial charge < -0.3 is 20.4 Å². The summed E-state index contributed by atoms with van der Waals surface area (Å²) in [6, 6.07) is 19.8. The highest BCUT2D eigenvalue weighted by Gasteiger charge is 2.27. The first-order chi connectivity index (χ1) is 18.0. The minimum Gasteiger partial charge on any atom is -0.478 e. The number of benzene rings is 3. The first-order valence-corrected chi connectivity index (χ1v) is 12.9. The van der Waals surface area contributed by atoms with Crippen molar-refractivity contribution in [2.45, 2.75) is 51.2 Å². The highest BCUT2D eigenvalue weighted by Crippen LogP contribution is 2.30. The molecule has 190 valence electrons. The van der Waals surface area contributed by atoms with E-state index in [0.29, 0.717) is 40.9 Å². The van der Waals surface area contributed by atoms with Crippen LogP contribution >= 0.6 is 0 Å². The first-order valence-electron chi connectivity index (χ1n) is 12.9. The number of carbonyl (C=O) groups is 2. The normalized spacial score (nSPS) is 17.6. The van der Waals surface area contributed by atoms with Crippen molar-refractivity contribution in [2.75, 3.05) is 6.61 Å². The number of hydrogen-bond donors (Lipinski definition) is 3. The molecule has 1 aliphatic rings. The second-order valence-electron chi connectivity index (χ2n) is 9.68. The first kappa shape index (κ1) is 24.7. The quantitative estimate of drug-likeness (QED) is 0.190. The minimum atomic E-state index is -0.263. The summed E-state index contributed by atoms with van der Waals surface area (Å²) >= 11 is 0. The average molecular weight is 497 g/mol. The molecule has 3 aromatic carbocycles. The standard InChI is InChI=1S/C30H32N4O3/c1-2-37-29(32)20-10-15-25-26(18-35)28(30(36)33-23-13-11-22(31)12-14-23)34(27(25)16-20)17-21-8-5-7-19-6-3-4-9-24(19)21/h3-10,15-16,18,22-23,32H,2,11-14,17,31H2,1H3,(H,33,36)/t22-,23-. The lowest BCUT2D eigenvalue weighted by Crippen LogP contribution is -2.41. The van der Waals surface area contributed by atoms with E-state index >= 15 is 0 Å². The highest BCUT2D eigenvalue weighted by atomic mass is 16.5. The predicted octanol–water partition coefficient (Wildman–Crippen LogP) is 5.02. The van der Waals surface area contributed by atoms with Crippen molar-refractivity contribution < 1.29 is 14.3 Å². The van der Waals surface area contributed by atoms with Crippen LogP contribution in [0.5, 0.6) is 0 Å². The van der Waals surface area contributed by atoms with Crippen molar-refractivity contribution in [1.29, 1.82) is 5.41 Å². The maximum Gasteiger partial charge on any atom is 0.268 e. The summed E-state index contributed by atoms with van der Waals surface area (Å²) in [5, 5.41) is 14.3. The lowest BCUT2D eigenvalue weighted by Gasteiger charge is -2.27. The van der Waals surface area contributed by atoms with Gasteiger partial charge in [-0.2, -0.15) is 0 Å². The molecule has 7 nitrogen and oxygen atoms in total. The van der Waals surface area contributed by atoms with Gasteiger partial charge in [-0.05, 0) is 61.1 Å². The van der Waals surface area contributed by atoms with Gasteiger partial charge in [0.1, 0.15) is 5.69 Å². The van der Waals surface area contributed by atoms with Crippen LogP contribution in [0.25, 0.3) is 21.7 Å². The van der Waals surface area contributed by atoms with Gasteiger partial charge in [0.25, 0.3) is 5.91 Å². The maximum absolute atomic E-state index is 13.8. The van der Waals surface area contributed by atoms with E-state index in [1.54, 1.807) is 12.1 Å². The van der Waals surface area contributed by atoms with Crippen molar-refractivity contribution in [3.63, 3.8) is 0 Å². The maximum atomic E-state index is 13.8. The molecule has 4 N–H and O–H groups in total. The Kier molecular flexibility index (Phi) is 7.06. The molecule has 0 aliphatic heterocycles. The van der Waals surface area contributed by atoms with Gasteiger partial charge in [0.2, 0.25) is 5.90 Å². The van der Waals surface area contributed by atoms with Crippen molar-refractivity contribution >= 4 is 39.8 Å². The van der Waals surface area contributed by atoms with Crippen molar-refractivity contribution in [1.82, 2.24) is 9.88 Å². The Morgan fingerprint density at radius 1 is 1.08 bits per heavy atom. The van der Waals surface area contributed by atoms with Crippen LogP contribution in [0.1, 0.15) is 64.6 Å². The molecule has 0 saturated heterocycles. The van der Waals surface area contributed by atoms with Crippen LogP contribution in [0, 0.1) is 5.41 Å². The molecule has 1 heterocycles. The Morgan fingerprint density at radius 3 is 2.59 bits per heavy atom. The number of amides is 1. The number of nitrogens with two attached hydrogens (primary N) is 1. The Morgan fingerprint density at radius 2 is 1.84 bits per heavy atom. The lowest BCUT2D eigenvalue weighted by atomic mass is 9.91. The fraction of sp³-hybridized carbons (Fsp3) is 0.300. The third-order valence-electron chi connectivity index (χ3n) is 7.30. The third kappa shape index (κ3) is 4.87. The van der Waals surface area contributed by atoms with Crippen LogP contribution in [0.4, 0.5) is 0 Å². The fourth-order valence-corrected chi connectivity index (χ4v) is 5.39. The molecule has 0 atom stereocenters. The molecular weight excluding hydrogens is 464 g/mol. The zero-order chi connectivity index (χ0) is 25.9. The molecule has 37 heavy (non-hydrogen) atoms. The zero-order valence-electron chi connectivity index (χ0n) is 21.0. The van der Waals surface area contributed by atoms with Crippen molar-refractivity contribution in [3.05, 3.63) is 83.0 Å². The summed E-state index contributed by atoms with van der Waals surface area (Å²) in [5.41, 5.74) is 9.10. The molecular formula is C30H32N4O3. The van der Waals surface area contributed by atoms with E-state index in [-0.39, 0.29) is 23.9 Å². The Bertz CT molecular complexity index is 1480. The van der Waals surface area contributed by atoms with Crippen LogP contribution in [0.2, 0.25) is 0 Å². The summed E-state index contributed by atoms with van der Waals surface area (Å²) in [4.78, 5) is 26.2. The van der Waals surface area contributed by atoms with Crippen molar-refractivity contribution in [2.24, 2.45) is 5.73 Å². The Balaban J connectivity index is 1.65. The lowest BCUT2D eigenvalue weighted by molar-refractivity contribution is 0.0912. The second kappa shape index (κ2) is 10.6. The zero-order valence-corrected chi connectivity index (χ0v) is 21.0. The van der Waals surface area contributed by atoms with E-state index in [2.05, 4.69) is 23.5 Å². The van der Waals surface area contributed by atoms with E-state index in [0.717, 1.165) is 48.3 Å². The molecule has 1 saturated carbocycles. The van der Waals surface area contributed by atoms with Crippen LogP contribution in [-0.2, 0) is 11.3 Å². The number of hydrogen-bond acceptors (Lipinski definition) is 5. The van der Waals surface area contributed by atoms with E-state index in [1.165, 1.54) is 0 Å². The van der Waals surface area contributed by atoms with Gasteiger partial charge in [-0.1, -0.05) is 48.5 Å². The SMILES string of the molecule is CCOC(=N)c1ccc2c(C=O)c(C(=O)N[C@H]3CC[C@H](N)CC3)n(Cc3cccc4ccccc34)c2c1. The Labute approximate surface area is 216 Å². The molecule has 0 unspecified atom stereocenters. The molecule has 0 bridgehead atoms. The number of rotatable bonds is 7. The van der Waals surface area contributed by atoms with E-state index in [1.807, 2.05) is 41.8 Å². The second-order valence-corrected chi connectivity index (χ2v) is 9.68. The fourth-order valence-electron chi connectivity index (χ4n) is 5.39. The number of fused-ring (bicyclic) bond motifs is 2. The smallest absolute Gasteiger partial charge is 0.268 e. The summed E-state index contributed by atoms with van der Waals surface area (Å²) < 4.78 is 7.34. The van der Waals surface area contributed by atoms with Gasteiger partial charge >= 0.3 is 0 Å². The van der Waals surface area contributed by atoms with Gasteiger partial charge in [-0.3, -0.25) is 15.0 Å². The summed E-state index contributed by atoms with van der Waals surface area (Å²) in [6.07, 6.45) is 4.15. The Hall–Kier alpha value is -3.97.